The molecule has 3 rings (SSSR count). The highest BCUT2D eigenvalue weighted by Crippen LogP contribution is 2.33. The van der Waals surface area contributed by atoms with E-state index in [1.807, 2.05) is 0 Å². The van der Waals surface area contributed by atoms with Gasteiger partial charge in [-0.3, -0.25) is 10.1 Å². The van der Waals surface area contributed by atoms with E-state index in [0.29, 0.717) is 10.9 Å². The summed E-state index contributed by atoms with van der Waals surface area (Å²) in [7, 11) is 0. The molecule has 0 saturated heterocycles. The number of rotatable bonds is 2. The second-order valence-electron chi connectivity index (χ2n) is 4.41. The van der Waals surface area contributed by atoms with Crippen LogP contribution in [-0.4, -0.2) is 10.0 Å². The van der Waals surface area contributed by atoms with Crippen LogP contribution in [-0.2, 0) is 0 Å². The van der Waals surface area contributed by atoms with Crippen molar-refractivity contribution in [3.05, 3.63) is 69.1 Å². The molecule has 0 atom stereocenters. The van der Waals surface area contributed by atoms with Crippen LogP contribution >= 0.6 is 0 Å². The Morgan fingerprint density at radius 3 is 2.38 bits per heavy atom. The molecule has 0 spiro atoms. The Kier molecular flexibility index (Phi) is 2.91. The van der Waals surface area contributed by atoms with E-state index in [4.69, 9.17) is 4.42 Å². The first-order chi connectivity index (χ1) is 10.1. The minimum atomic E-state index is -0.694. The Hall–Kier alpha value is -3.15. The summed E-state index contributed by atoms with van der Waals surface area (Å²) >= 11 is 0. The van der Waals surface area contributed by atoms with Gasteiger partial charge in [-0.25, -0.2) is 4.79 Å². The fraction of sp³-hybridized carbons (Fsp3) is 0. The fourth-order valence-corrected chi connectivity index (χ4v) is 2.14. The third kappa shape index (κ3) is 2.12. The lowest BCUT2D eigenvalue weighted by Gasteiger charge is -2.06. The monoisotopic (exact) mass is 283 g/mol. The number of nitrogens with zero attached hydrogens (tertiary/aromatic N) is 1. The number of nitro benzene ring substituents is 1. The highest BCUT2D eigenvalue weighted by Gasteiger charge is 2.16. The molecule has 0 fully saturated rings. The van der Waals surface area contributed by atoms with Gasteiger partial charge in [0.05, 0.1) is 10.3 Å². The average Bonchev–Trinajstić information content (AvgIpc) is 2.48. The first-order valence-electron chi connectivity index (χ1n) is 6.07. The lowest BCUT2D eigenvalue weighted by Crippen LogP contribution is -2.03. The SMILES string of the molecule is O=c1oc2ccccc2c(O)c1-c1ccc([N+](=O)[O-])cc1. The zero-order chi connectivity index (χ0) is 15.0. The number of hydrogen-bond acceptors (Lipinski definition) is 5. The summed E-state index contributed by atoms with van der Waals surface area (Å²) in [6, 6.07) is 11.9. The largest absolute Gasteiger partial charge is 0.506 e. The van der Waals surface area contributed by atoms with Crippen LogP contribution in [0.1, 0.15) is 0 Å². The zero-order valence-electron chi connectivity index (χ0n) is 10.6. The molecular formula is C15H9NO5. The molecule has 2 aromatic carbocycles. The van der Waals surface area contributed by atoms with Gasteiger partial charge in [0.1, 0.15) is 16.9 Å². The van der Waals surface area contributed by atoms with Gasteiger partial charge in [-0.1, -0.05) is 12.1 Å². The lowest BCUT2D eigenvalue weighted by molar-refractivity contribution is -0.384. The van der Waals surface area contributed by atoms with Crippen molar-refractivity contribution in [2.45, 2.75) is 0 Å². The molecule has 0 saturated carbocycles. The van der Waals surface area contributed by atoms with Crippen molar-refractivity contribution < 1.29 is 14.4 Å². The van der Waals surface area contributed by atoms with Gasteiger partial charge in [-0.2, -0.15) is 0 Å². The van der Waals surface area contributed by atoms with E-state index < -0.39 is 10.5 Å². The molecule has 104 valence electrons. The molecule has 1 N–H and O–H groups in total. The first kappa shape index (κ1) is 12.9. The number of hydrogen-bond donors (Lipinski definition) is 1. The minimum absolute atomic E-state index is 0.0106. The van der Waals surface area contributed by atoms with Crippen LogP contribution in [0.2, 0.25) is 0 Å². The van der Waals surface area contributed by atoms with E-state index in [9.17, 15) is 20.0 Å². The van der Waals surface area contributed by atoms with Gasteiger partial charge < -0.3 is 9.52 Å². The predicted molar refractivity (Wildman–Crippen MR) is 76.2 cm³/mol. The van der Waals surface area contributed by atoms with Crippen molar-refractivity contribution >= 4 is 16.7 Å². The van der Waals surface area contributed by atoms with Crippen LogP contribution in [0.15, 0.2) is 57.7 Å². The Morgan fingerprint density at radius 2 is 1.71 bits per heavy atom. The Morgan fingerprint density at radius 1 is 1.05 bits per heavy atom. The molecular weight excluding hydrogens is 274 g/mol. The van der Waals surface area contributed by atoms with Gasteiger partial charge in [-0.05, 0) is 29.8 Å². The van der Waals surface area contributed by atoms with Crippen molar-refractivity contribution in [2.75, 3.05) is 0 Å². The van der Waals surface area contributed by atoms with E-state index in [1.165, 1.54) is 24.3 Å². The standard InChI is InChI=1S/C15H9NO5/c17-14-11-3-1-2-4-12(11)21-15(18)13(14)9-5-7-10(8-6-9)16(19)20/h1-8,17H. The molecule has 0 aliphatic carbocycles. The maximum atomic E-state index is 12.0. The van der Waals surface area contributed by atoms with Gasteiger partial charge in [-0.15, -0.1) is 0 Å². The zero-order valence-corrected chi connectivity index (χ0v) is 10.6. The maximum Gasteiger partial charge on any atom is 0.347 e. The summed E-state index contributed by atoms with van der Waals surface area (Å²) in [5.74, 6) is -0.198. The molecule has 0 amide bonds. The van der Waals surface area contributed by atoms with E-state index >= 15 is 0 Å². The Labute approximate surface area is 118 Å². The molecule has 0 aliphatic heterocycles. The molecule has 0 radical (unpaired) electrons. The van der Waals surface area contributed by atoms with Gasteiger partial charge in [0.25, 0.3) is 5.69 Å². The normalized spacial score (nSPS) is 10.7. The Balaban J connectivity index is 2.24. The summed E-state index contributed by atoms with van der Waals surface area (Å²) in [5, 5.41) is 21.3. The average molecular weight is 283 g/mol. The quantitative estimate of drug-likeness (QED) is 0.443. The van der Waals surface area contributed by atoms with Crippen LogP contribution in [0.5, 0.6) is 5.75 Å². The second-order valence-corrected chi connectivity index (χ2v) is 4.41. The molecule has 6 nitrogen and oxygen atoms in total. The van der Waals surface area contributed by atoms with Gasteiger partial charge in [0, 0.05) is 12.1 Å². The van der Waals surface area contributed by atoms with Crippen LogP contribution in [0, 0.1) is 10.1 Å². The number of fused-ring (bicyclic) bond motifs is 1. The number of benzene rings is 2. The van der Waals surface area contributed by atoms with Crippen LogP contribution in [0.25, 0.3) is 22.1 Å². The van der Waals surface area contributed by atoms with Crippen molar-refractivity contribution in [1.29, 1.82) is 0 Å². The molecule has 1 heterocycles. The molecule has 21 heavy (non-hydrogen) atoms. The van der Waals surface area contributed by atoms with Gasteiger partial charge >= 0.3 is 5.63 Å². The molecule has 3 aromatic rings. The first-order valence-corrected chi connectivity index (χ1v) is 6.07. The summed E-state index contributed by atoms with van der Waals surface area (Å²) in [4.78, 5) is 22.1. The summed E-state index contributed by atoms with van der Waals surface area (Å²) < 4.78 is 5.16. The molecule has 1 aromatic heterocycles. The summed E-state index contributed by atoms with van der Waals surface area (Å²) in [6.45, 7) is 0. The van der Waals surface area contributed by atoms with Crippen LogP contribution in [0.3, 0.4) is 0 Å². The van der Waals surface area contributed by atoms with E-state index in [1.54, 1.807) is 24.3 Å². The molecule has 0 unspecified atom stereocenters. The van der Waals surface area contributed by atoms with Crippen molar-refractivity contribution in [2.24, 2.45) is 0 Å². The molecule has 0 bridgehead atoms. The van der Waals surface area contributed by atoms with Crippen LogP contribution in [0.4, 0.5) is 5.69 Å². The molecule has 0 aliphatic rings. The molecule has 6 heteroatoms. The number of aromatic hydroxyl groups is 1. The topological polar surface area (TPSA) is 93.6 Å². The summed E-state index contributed by atoms with van der Waals surface area (Å²) in [6.07, 6.45) is 0. The lowest BCUT2D eigenvalue weighted by atomic mass is 10.0. The number of nitro groups is 1. The van der Waals surface area contributed by atoms with E-state index in [-0.39, 0.29) is 22.6 Å². The van der Waals surface area contributed by atoms with E-state index in [2.05, 4.69) is 0 Å². The third-order valence-corrected chi connectivity index (χ3v) is 3.15. The third-order valence-electron chi connectivity index (χ3n) is 3.15. The summed E-state index contributed by atoms with van der Waals surface area (Å²) in [5.41, 5.74) is -0.157. The maximum absolute atomic E-state index is 12.0. The highest BCUT2D eigenvalue weighted by molar-refractivity contribution is 5.90. The van der Waals surface area contributed by atoms with Crippen molar-refractivity contribution in [3.8, 4) is 16.9 Å². The number of non-ortho nitro benzene ring substituents is 1. The predicted octanol–water partition coefficient (Wildman–Crippen LogP) is 3.07. The Bertz CT molecular complexity index is 896. The fourth-order valence-electron chi connectivity index (χ4n) is 2.14. The van der Waals surface area contributed by atoms with Crippen molar-refractivity contribution in [1.82, 2.24) is 0 Å². The van der Waals surface area contributed by atoms with Gasteiger partial charge in [0.15, 0.2) is 0 Å². The van der Waals surface area contributed by atoms with Gasteiger partial charge in [0.2, 0.25) is 0 Å². The minimum Gasteiger partial charge on any atom is -0.506 e. The smallest absolute Gasteiger partial charge is 0.347 e. The second kappa shape index (κ2) is 4.75. The van der Waals surface area contributed by atoms with Crippen LogP contribution < -0.4 is 5.63 Å². The highest BCUT2D eigenvalue weighted by atomic mass is 16.6. The number of para-hydroxylation sites is 1. The van der Waals surface area contributed by atoms with Crippen molar-refractivity contribution in [3.63, 3.8) is 0 Å². The van der Waals surface area contributed by atoms with E-state index in [0.717, 1.165) is 0 Å².